The van der Waals surface area contributed by atoms with E-state index in [1.165, 1.54) is 0 Å². The van der Waals surface area contributed by atoms with E-state index < -0.39 is 6.10 Å². The van der Waals surface area contributed by atoms with Crippen LogP contribution in [0, 0.1) is 0 Å². The minimum absolute atomic E-state index is 0.0165. The SMILES string of the molecule is C[C@H]1CN(C(=O)[C@@H]2COc3ccccc3O2)CCN1. The zero-order valence-electron chi connectivity index (χ0n) is 11.0. The Kier molecular flexibility index (Phi) is 3.29. The number of nitrogens with zero attached hydrogens (tertiary/aromatic N) is 1. The molecule has 0 radical (unpaired) electrons. The first-order chi connectivity index (χ1) is 9.24. The van der Waals surface area contributed by atoms with Crippen LogP contribution in [-0.2, 0) is 4.79 Å². The Labute approximate surface area is 112 Å². The number of carbonyl (C=O) groups excluding carboxylic acids is 1. The molecule has 0 saturated carbocycles. The average Bonchev–Trinajstić information content (AvgIpc) is 2.46. The average molecular weight is 262 g/mol. The van der Waals surface area contributed by atoms with Crippen molar-refractivity contribution in [1.29, 1.82) is 0 Å². The number of hydrogen-bond donors (Lipinski definition) is 1. The van der Waals surface area contributed by atoms with Crippen LogP contribution in [0.2, 0.25) is 0 Å². The van der Waals surface area contributed by atoms with Crippen molar-refractivity contribution >= 4 is 5.91 Å². The lowest BCUT2D eigenvalue weighted by atomic mass is 10.2. The molecule has 0 unspecified atom stereocenters. The Morgan fingerprint density at radius 1 is 1.37 bits per heavy atom. The lowest BCUT2D eigenvalue weighted by Gasteiger charge is -2.35. The summed E-state index contributed by atoms with van der Waals surface area (Å²) in [6.45, 7) is 4.64. The molecule has 1 N–H and O–H groups in total. The first-order valence-electron chi connectivity index (χ1n) is 6.64. The molecule has 2 aliphatic heterocycles. The van der Waals surface area contributed by atoms with Gasteiger partial charge in [-0.2, -0.15) is 0 Å². The van der Waals surface area contributed by atoms with Crippen molar-refractivity contribution in [3.05, 3.63) is 24.3 Å². The fourth-order valence-corrected chi connectivity index (χ4v) is 2.48. The number of amides is 1. The topological polar surface area (TPSA) is 50.8 Å². The summed E-state index contributed by atoms with van der Waals surface area (Å²) in [5, 5.41) is 3.32. The molecule has 5 nitrogen and oxygen atoms in total. The third-order valence-electron chi connectivity index (χ3n) is 3.46. The van der Waals surface area contributed by atoms with Crippen molar-refractivity contribution in [2.24, 2.45) is 0 Å². The smallest absolute Gasteiger partial charge is 0.267 e. The van der Waals surface area contributed by atoms with E-state index in [0.29, 0.717) is 17.5 Å². The highest BCUT2D eigenvalue weighted by Gasteiger charge is 2.32. The van der Waals surface area contributed by atoms with Gasteiger partial charge >= 0.3 is 0 Å². The van der Waals surface area contributed by atoms with Crippen LogP contribution < -0.4 is 14.8 Å². The van der Waals surface area contributed by atoms with Gasteiger partial charge in [0.05, 0.1) is 0 Å². The first-order valence-corrected chi connectivity index (χ1v) is 6.64. The van der Waals surface area contributed by atoms with Gasteiger partial charge in [-0.1, -0.05) is 12.1 Å². The van der Waals surface area contributed by atoms with Gasteiger partial charge in [0.25, 0.3) is 5.91 Å². The largest absolute Gasteiger partial charge is 0.485 e. The maximum atomic E-state index is 12.4. The summed E-state index contributed by atoms with van der Waals surface area (Å²) in [7, 11) is 0. The Morgan fingerprint density at radius 2 is 2.16 bits per heavy atom. The summed E-state index contributed by atoms with van der Waals surface area (Å²) in [6.07, 6.45) is -0.528. The van der Waals surface area contributed by atoms with Crippen molar-refractivity contribution in [1.82, 2.24) is 10.2 Å². The summed E-state index contributed by atoms with van der Waals surface area (Å²) >= 11 is 0. The molecule has 2 aliphatic rings. The standard InChI is InChI=1S/C14H18N2O3/c1-10-8-16(7-6-15-10)14(17)13-9-18-11-4-2-3-5-12(11)19-13/h2-5,10,13,15H,6-9H2,1H3/t10-,13-/m0/s1. The number of ether oxygens (including phenoxy) is 2. The number of fused-ring (bicyclic) bond motifs is 1. The molecule has 19 heavy (non-hydrogen) atoms. The molecule has 0 spiro atoms. The molecule has 2 heterocycles. The van der Waals surface area contributed by atoms with Gasteiger partial charge in [0.15, 0.2) is 11.5 Å². The van der Waals surface area contributed by atoms with Gasteiger partial charge in [0, 0.05) is 25.7 Å². The quantitative estimate of drug-likeness (QED) is 0.807. The fraction of sp³-hybridized carbons (Fsp3) is 0.500. The summed E-state index contributed by atoms with van der Waals surface area (Å²) in [6, 6.07) is 7.78. The minimum Gasteiger partial charge on any atom is -0.485 e. The number of para-hydroxylation sites is 2. The van der Waals surface area contributed by atoms with Crippen LogP contribution in [0.3, 0.4) is 0 Å². The van der Waals surface area contributed by atoms with Crippen molar-refractivity contribution < 1.29 is 14.3 Å². The summed E-state index contributed by atoms with van der Waals surface area (Å²) in [4.78, 5) is 14.3. The molecule has 5 heteroatoms. The predicted molar refractivity (Wildman–Crippen MR) is 70.4 cm³/mol. The lowest BCUT2D eigenvalue weighted by molar-refractivity contribution is -0.142. The van der Waals surface area contributed by atoms with Gasteiger partial charge in [-0.15, -0.1) is 0 Å². The molecule has 1 fully saturated rings. The highest BCUT2D eigenvalue weighted by Crippen LogP contribution is 2.31. The molecule has 0 aliphatic carbocycles. The zero-order valence-corrected chi connectivity index (χ0v) is 11.0. The van der Waals surface area contributed by atoms with Crippen LogP contribution in [0.25, 0.3) is 0 Å². The molecule has 0 aromatic heterocycles. The van der Waals surface area contributed by atoms with Gasteiger partial charge in [-0.05, 0) is 19.1 Å². The van der Waals surface area contributed by atoms with Crippen LogP contribution in [-0.4, -0.2) is 49.2 Å². The third-order valence-corrected chi connectivity index (χ3v) is 3.46. The highest BCUT2D eigenvalue weighted by atomic mass is 16.6. The Bertz CT molecular complexity index is 478. The second kappa shape index (κ2) is 5.09. The van der Waals surface area contributed by atoms with Crippen molar-refractivity contribution in [2.75, 3.05) is 26.2 Å². The number of rotatable bonds is 1. The molecule has 1 aromatic carbocycles. The van der Waals surface area contributed by atoms with E-state index >= 15 is 0 Å². The number of benzene rings is 1. The van der Waals surface area contributed by atoms with E-state index in [4.69, 9.17) is 9.47 Å². The highest BCUT2D eigenvalue weighted by molar-refractivity contribution is 5.82. The van der Waals surface area contributed by atoms with E-state index in [2.05, 4.69) is 12.2 Å². The number of nitrogens with one attached hydrogen (secondary N) is 1. The minimum atomic E-state index is -0.528. The van der Waals surface area contributed by atoms with Crippen molar-refractivity contribution in [2.45, 2.75) is 19.1 Å². The molecule has 0 bridgehead atoms. The van der Waals surface area contributed by atoms with E-state index in [-0.39, 0.29) is 12.5 Å². The predicted octanol–water partition coefficient (Wildman–Crippen LogP) is 0.647. The second-order valence-corrected chi connectivity index (χ2v) is 5.00. The molecule has 1 saturated heterocycles. The summed E-state index contributed by atoms with van der Waals surface area (Å²) < 4.78 is 11.3. The zero-order chi connectivity index (χ0) is 13.2. The van der Waals surface area contributed by atoms with Crippen LogP contribution in [0.15, 0.2) is 24.3 Å². The van der Waals surface area contributed by atoms with Crippen LogP contribution in [0.5, 0.6) is 11.5 Å². The van der Waals surface area contributed by atoms with Crippen LogP contribution in [0.4, 0.5) is 0 Å². The van der Waals surface area contributed by atoms with Gasteiger partial charge in [-0.25, -0.2) is 0 Å². The lowest BCUT2D eigenvalue weighted by Crippen LogP contribution is -2.55. The van der Waals surface area contributed by atoms with Crippen molar-refractivity contribution in [3.8, 4) is 11.5 Å². The molecule has 102 valence electrons. The fourth-order valence-electron chi connectivity index (χ4n) is 2.48. The van der Waals surface area contributed by atoms with Gasteiger partial charge in [0.2, 0.25) is 6.10 Å². The second-order valence-electron chi connectivity index (χ2n) is 5.00. The van der Waals surface area contributed by atoms with Crippen LogP contribution in [0.1, 0.15) is 6.92 Å². The van der Waals surface area contributed by atoms with Crippen molar-refractivity contribution in [3.63, 3.8) is 0 Å². The van der Waals surface area contributed by atoms with E-state index in [9.17, 15) is 4.79 Å². The molecular formula is C14H18N2O3. The van der Waals surface area contributed by atoms with Gasteiger partial charge < -0.3 is 19.7 Å². The van der Waals surface area contributed by atoms with Gasteiger partial charge in [-0.3, -0.25) is 4.79 Å². The third kappa shape index (κ3) is 2.51. The molecule has 3 rings (SSSR count). The monoisotopic (exact) mass is 262 g/mol. The molecule has 2 atom stereocenters. The Balaban J connectivity index is 1.69. The Morgan fingerprint density at radius 3 is 2.95 bits per heavy atom. The molecular weight excluding hydrogens is 244 g/mol. The van der Waals surface area contributed by atoms with E-state index in [0.717, 1.165) is 19.6 Å². The Hall–Kier alpha value is -1.75. The summed E-state index contributed by atoms with van der Waals surface area (Å²) in [5.41, 5.74) is 0. The maximum Gasteiger partial charge on any atom is 0.267 e. The normalized spacial score (nSPS) is 26.1. The number of piperazine rings is 1. The summed E-state index contributed by atoms with van der Waals surface area (Å²) in [5.74, 6) is 1.37. The molecule has 1 amide bonds. The molecule has 1 aromatic rings. The maximum absolute atomic E-state index is 12.4. The number of carbonyl (C=O) groups is 1. The van der Waals surface area contributed by atoms with Crippen LogP contribution >= 0.6 is 0 Å². The van der Waals surface area contributed by atoms with Gasteiger partial charge in [0.1, 0.15) is 6.61 Å². The number of hydrogen-bond acceptors (Lipinski definition) is 4. The van der Waals surface area contributed by atoms with E-state index in [1.807, 2.05) is 29.2 Å². The first kappa shape index (κ1) is 12.3. The van der Waals surface area contributed by atoms with E-state index in [1.54, 1.807) is 0 Å².